The Bertz CT molecular complexity index is 1270. The fourth-order valence-corrected chi connectivity index (χ4v) is 5.43. The maximum atomic E-state index is 13.6. The number of methoxy groups -OCH3 is 1. The molecule has 0 spiro atoms. The molecule has 38 heavy (non-hydrogen) atoms. The van der Waals surface area contributed by atoms with Crippen LogP contribution in [0.3, 0.4) is 0 Å². The van der Waals surface area contributed by atoms with Crippen LogP contribution in [-0.4, -0.2) is 49.6 Å². The third kappa shape index (κ3) is 8.32. The minimum absolute atomic E-state index is 0.0247. The lowest BCUT2D eigenvalue weighted by Crippen LogP contribution is -2.44. The van der Waals surface area contributed by atoms with Crippen molar-refractivity contribution in [1.82, 2.24) is 9.62 Å². The molecule has 0 bridgehead atoms. The summed E-state index contributed by atoms with van der Waals surface area (Å²) in [5, 5.41) is 12.7. The van der Waals surface area contributed by atoms with Crippen LogP contribution in [-0.2, 0) is 32.7 Å². The Hall–Kier alpha value is -3.89. The van der Waals surface area contributed by atoms with Crippen molar-refractivity contribution in [2.24, 2.45) is 0 Å². The van der Waals surface area contributed by atoms with Gasteiger partial charge in [-0.3, -0.25) is 4.79 Å². The molecule has 202 valence electrons. The largest absolute Gasteiger partial charge is 0.497 e. The van der Waals surface area contributed by atoms with Gasteiger partial charge >= 0.3 is 12.1 Å². The fraction of sp³-hybridized carbons (Fsp3) is 0.286. The molecule has 9 nitrogen and oxygen atoms in total. The van der Waals surface area contributed by atoms with Gasteiger partial charge in [0.25, 0.3) is 0 Å². The summed E-state index contributed by atoms with van der Waals surface area (Å²) in [5.41, 5.74) is 1.53. The Morgan fingerprint density at radius 2 is 1.50 bits per heavy atom. The van der Waals surface area contributed by atoms with Gasteiger partial charge < -0.3 is 19.9 Å². The van der Waals surface area contributed by atoms with Crippen LogP contribution in [0.2, 0.25) is 0 Å². The van der Waals surface area contributed by atoms with Crippen LogP contribution in [0.5, 0.6) is 5.75 Å². The fourth-order valence-electron chi connectivity index (χ4n) is 3.83. The zero-order valence-electron chi connectivity index (χ0n) is 21.2. The first-order valence-electron chi connectivity index (χ1n) is 12.2. The second-order valence-corrected chi connectivity index (χ2v) is 10.4. The van der Waals surface area contributed by atoms with Crippen LogP contribution < -0.4 is 10.1 Å². The number of nitrogens with zero attached hydrogens (tertiary/aromatic N) is 1. The van der Waals surface area contributed by atoms with Gasteiger partial charge in [-0.1, -0.05) is 60.7 Å². The molecule has 10 heteroatoms. The summed E-state index contributed by atoms with van der Waals surface area (Å²) in [4.78, 5) is 24.2. The van der Waals surface area contributed by atoms with E-state index < -0.39 is 28.1 Å². The molecule has 3 rings (SSSR count). The molecule has 0 fully saturated rings. The van der Waals surface area contributed by atoms with Gasteiger partial charge in [-0.25, -0.2) is 13.2 Å². The molecule has 0 aliphatic heterocycles. The first-order chi connectivity index (χ1) is 18.3. The highest BCUT2D eigenvalue weighted by molar-refractivity contribution is 7.89. The van der Waals surface area contributed by atoms with E-state index in [9.17, 15) is 23.1 Å². The van der Waals surface area contributed by atoms with Crippen LogP contribution in [0.15, 0.2) is 89.8 Å². The normalized spacial score (nSPS) is 12.1. The molecule has 0 radical (unpaired) electrons. The quantitative estimate of drug-likeness (QED) is 0.290. The molecule has 1 atom stereocenters. The van der Waals surface area contributed by atoms with E-state index in [2.05, 4.69) is 5.32 Å². The van der Waals surface area contributed by atoms with Crippen molar-refractivity contribution in [3.8, 4) is 5.75 Å². The number of aliphatic carboxylic acids is 1. The average molecular weight is 541 g/mol. The number of hydrogen-bond acceptors (Lipinski definition) is 6. The lowest BCUT2D eigenvalue weighted by atomic mass is 10.1. The SMILES string of the molecule is COc1ccc(S(=O)(=O)N(Cc2ccccc2)[C@H](CCCCNC(=O)OCc2ccccc2)C(=O)O)cc1. The van der Waals surface area contributed by atoms with Gasteiger partial charge in [0.05, 0.1) is 12.0 Å². The molecule has 1 amide bonds. The molecule has 0 saturated carbocycles. The lowest BCUT2D eigenvalue weighted by Gasteiger charge is -2.28. The summed E-state index contributed by atoms with van der Waals surface area (Å²) in [6, 6.07) is 22.7. The van der Waals surface area contributed by atoms with Crippen molar-refractivity contribution in [2.75, 3.05) is 13.7 Å². The van der Waals surface area contributed by atoms with Crippen molar-refractivity contribution in [3.05, 3.63) is 96.1 Å². The van der Waals surface area contributed by atoms with Gasteiger partial charge in [0.2, 0.25) is 10.0 Å². The average Bonchev–Trinajstić information content (AvgIpc) is 2.93. The number of alkyl carbamates (subject to hydrolysis) is 1. The Kier molecular flexibility index (Phi) is 10.7. The smallest absolute Gasteiger partial charge is 0.407 e. The number of ether oxygens (including phenoxy) is 2. The number of benzene rings is 3. The molecule has 0 aliphatic carbocycles. The first kappa shape index (κ1) is 28.7. The monoisotopic (exact) mass is 540 g/mol. The van der Waals surface area contributed by atoms with Crippen LogP contribution in [0, 0.1) is 0 Å². The Labute approximate surface area is 223 Å². The number of sulfonamides is 1. The molecule has 0 heterocycles. The maximum absolute atomic E-state index is 13.6. The molecule has 0 saturated heterocycles. The van der Waals surface area contributed by atoms with Gasteiger partial charge in [-0.05, 0) is 54.7 Å². The number of nitrogens with one attached hydrogen (secondary N) is 1. The van der Waals surface area contributed by atoms with Gasteiger partial charge in [-0.15, -0.1) is 0 Å². The Morgan fingerprint density at radius 1 is 0.895 bits per heavy atom. The van der Waals surface area contributed by atoms with E-state index in [1.807, 2.05) is 30.3 Å². The third-order valence-electron chi connectivity index (χ3n) is 5.87. The molecule has 0 aromatic heterocycles. The second kappa shape index (κ2) is 14.2. The van der Waals surface area contributed by atoms with Crippen molar-refractivity contribution >= 4 is 22.1 Å². The number of amides is 1. The van der Waals surface area contributed by atoms with Gasteiger partial charge in [0.1, 0.15) is 18.4 Å². The van der Waals surface area contributed by atoms with E-state index in [4.69, 9.17) is 9.47 Å². The highest BCUT2D eigenvalue weighted by Crippen LogP contribution is 2.25. The topological polar surface area (TPSA) is 122 Å². The molecule has 2 N–H and O–H groups in total. The van der Waals surface area contributed by atoms with E-state index >= 15 is 0 Å². The highest BCUT2D eigenvalue weighted by Gasteiger charge is 2.35. The van der Waals surface area contributed by atoms with Crippen LogP contribution in [0.4, 0.5) is 4.79 Å². The van der Waals surface area contributed by atoms with Gasteiger partial charge in [0.15, 0.2) is 0 Å². The standard InChI is InChI=1S/C28H32N2O7S/c1-36-24-15-17-25(18-16-24)38(34,35)30(20-22-10-4-2-5-11-22)26(27(31)32)14-8-9-19-29-28(33)37-21-23-12-6-3-7-13-23/h2-7,10-13,15-18,26H,8-9,14,19-21H2,1H3,(H,29,33)(H,31,32)/t26-/m1/s1. The number of carbonyl (C=O) groups excluding carboxylic acids is 1. The van der Waals surface area contributed by atoms with Gasteiger partial charge in [0, 0.05) is 13.1 Å². The van der Waals surface area contributed by atoms with Crippen molar-refractivity contribution in [2.45, 2.75) is 43.4 Å². The molecule has 3 aromatic carbocycles. The van der Waals surface area contributed by atoms with Crippen molar-refractivity contribution in [3.63, 3.8) is 0 Å². The number of unbranched alkanes of at least 4 members (excludes halogenated alkanes) is 1. The van der Waals surface area contributed by atoms with Crippen molar-refractivity contribution < 1.29 is 32.6 Å². The molecular formula is C28H32N2O7S. The van der Waals surface area contributed by atoms with Crippen LogP contribution >= 0.6 is 0 Å². The van der Waals surface area contributed by atoms with Crippen LogP contribution in [0.1, 0.15) is 30.4 Å². The van der Waals surface area contributed by atoms with E-state index in [0.717, 1.165) is 9.87 Å². The van der Waals surface area contributed by atoms with E-state index in [-0.39, 0.29) is 31.0 Å². The summed E-state index contributed by atoms with van der Waals surface area (Å²) in [6.45, 7) is 0.311. The van der Waals surface area contributed by atoms with E-state index in [1.54, 1.807) is 30.3 Å². The summed E-state index contributed by atoms with van der Waals surface area (Å²) >= 11 is 0. The first-order valence-corrected chi connectivity index (χ1v) is 13.6. The number of carboxylic acids is 1. The minimum atomic E-state index is -4.15. The Balaban J connectivity index is 1.64. The Morgan fingerprint density at radius 3 is 2.08 bits per heavy atom. The number of rotatable bonds is 14. The predicted molar refractivity (Wildman–Crippen MR) is 142 cm³/mol. The lowest BCUT2D eigenvalue weighted by molar-refractivity contribution is -0.141. The number of carbonyl (C=O) groups is 2. The third-order valence-corrected chi connectivity index (χ3v) is 7.74. The molecule has 3 aromatic rings. The molecule has 0 unspecified atom stereocenters. The maximum Gasteiger partial charge on any atom is 0.407 e. The highest BCUT2D eigenvalue weighted by atomic mass is 32.2. The summed E-state index contributed by atoms with van der Waals surface area (Å²) in [5.74, 6) is -0.753. The van der Waals surface area contributed by atoms with Crippen molar-refractivity contribution in [1.29, 1.82) is 0 Å². The second-order valence-electron chi connectivity index (χ2n) is 8.55. The van der Waals surface area contributed by atoms with Crippen LogP contribution in [0.25, 0.3) is 0 Å². The van der Waals surface area contributed by atoms with E-state index in [0.29, 0.717) is 24.2 Å². The van der Waals surface area contributed by atoms with Gasteiger partial charge in [-0.2, -0.15) is 4.31 Å². The number of hydrogen-bond donors (Lipinski definition) is 2. The zero-order chi connectivity index (χ0) is 27.4. The number of carboxylic acid groups (broad SMARTS) is 1. The molecular weight excluding hydrogens is 508 g/mol. The zero-order valence-corrected chi connectivity index (χ0v) is 22.0. The predicted octanol–water partition coefficient (Wildman–Crippen LogP) is 4.44. The summed E-state index contributed by atoms with van der Waals surface area (Å²) < 4.78 is 38.5. The molecule has 0 aliphatic rings. The summed E-state index contributed by atoms with van der Waals surface area (Å²) in [6.07, 6.45) is 0.320. The minimum Gasteiger partial charge on any atom is -0.497 e. The van der Waals surface area contributed by atoms with E-state index in [1.165, 1.54) is 31.4 Å². The summed E-state index contributed by atoms with van der Waals surface area (Å²) in [7, 11) is -2.68.